The predicted molar refractivity (Wildman–Crippen MR) is 99.8 cm³/mol. The molecule has 2 aromatic heterocycles. The zero-order valence-corrected chi connectivity index (χ0v) is 15.3. The van der Waals surface area contributed by atoms with Crippen molar-refractivity contribution in [3.8, 4) is 0 Å². The van der Waals surface area contributed by atoms with Crippen LogP contribution in [0.3, 0.4) is 0 Å². The number of carbonyl (C=O) groups is 1. The van der Waals surface area contributed by atoms with E-state index < -0.39 is 0 Å². The summed E-state index contributed by atoms with van der Waals surface area (Å²) in [5, 5.41) is 7.73. The molecule has 0 radical (unpaired) electrons. The van der Waals surface area contributed by atoms with Crippen LogP contribution in [-0.2, 0) is 7.05 Å². The SMILES string of the molecule is Cc1[nH]nc2c1[C@@H](c1ccc(Cl)cc1)N(c1cc(C)c(=O)n(C)c1)C2=O. The Bertz CT molecular complexity index is 1060. The molecule has 0 saturated carbocycles. The highest BCUT2D eigenvalue weighted by molar-refractivity contribution is 6.30. The van der Waals surface area contributed by atoms with E-state index in [1.54, 1.807) is 43.3 Å². The van der Waals surface area contributed by atoms with E-state index in [1.807, 2.05) is 19.1 Å². The van der Waals surface area contributed by atoms with E-state index >= 15 is 0 Å². The third kappa shape index (κ3) is 2.37. The van der Waals surface area contributed by atoms with Gasteiger partial charge in [0.15, 0.2) is 5.69 Å². The van der Waals surface area contributed by atoms with E-state index in [9.17, 15) is 9.59 Å². The molecular weight excluding hydrogens is 352 g/mol. The predicted octanol–water partition coefficient (Wildman–Crippen LogP) is 3.13. The third-order valence-electron chi connectivity index (χ3n) is 4.76. The van der Waals surface area contributed by atoms with Crippen LogP contribution >= 0.6 is 11.6 Å². The number of H-pyrrole nitrogens is 1. The topological polar surface area (TPSA) is 71.0 Å². The number of benzene rings is 1. The Morgan fingerprint density at radius 2 is 1.85 bits per heavy atom. The van der Waals surface area contributed by atoms with Gasteiger partial charge in [-0.05, 0) is 37.6 Å². The number of aromatic amines is 1. The number of fused-ring (bicyclic) bond motifs is 1. The Labute approximate surface area is 155 Å². The van der Waals surface area contributed by atoms with Crippen molar-refractivity contribution < 1.29 is 4.79 Å². The van der Waals surface area contributed by atoms with Crippen molar-refractivity contribution in [2.75, 3.05) is 4.90 Å². The highest BCUT2D eigenvalue weighted by Gasteiger charge is 2.42. The normalized spacial score (nSPS) is 16.2. The van der Waals surface area contributed by atoms with Crippen molar-refractivity contribution >= 4 is 23.2 Å². The number of hydrogen-bond donors (Lipinski definition) is 1. The Kier molecular flexibility index (Phi) is 3.73. The highest BCUT2D eigenvalue weighted by Crippen LogP contribution is 2.42. The molecule has 0 spiro atoms. The van der Waals surface area contributed by atoms with Crippen LogP contribution in [0, 0.1) is 13.8 Å². The molecule has 3 aromatic rings. The molecular formula is C19H17ClN4O2. The smallest absolute Gasteiger partial charge is 0.280 e. The molecule has 1 atom stereocenters. The molecule has 3 heterocycles. The Balaban J connectivity index is 1.94. The van der Waals surface area contributed by atoms with Gasteiger partial charge in [-0.1, -0.05) is 23.7 Å². The van der Waals surface area contributed by atoms with Crippen molar-refractivity contribution in [2.45, 2.75) is 19.9 Å². The molecule has 4 rings (SSSR count). The standard InChI is InChI=1S/C19H17ClN4O2/c1-10-8-14(9-23(3)18(10)25)24-17(12-4-6-13(20)7-5-12)15-11(2)21-22-16(15)19(24)26/h4-9,17H,1-3H3,(H,21,22)/t17-/m1/s1. The maximum atomic E-state index is 13.1. The van der Waals surface area contributed by atoms with Crippen LogP contribution in [0.25, 0.3) is 0 Å². The van der Waals surface area contributed by atoms with Crippen LogP contribution in [0.4, 0.5) is 5.69 Å². The average molecular weight is 369 g/mol. The Morgan fingerprint density at radius 1 is 1.15 bits per heavy atom. The molecule has 7 heteroatoms. The highest BCUT2D eigenvalue weighted by atomic mass is 35.5. The van der Waals surface area contributed by atoms with Crippen LogP contribution < -0.4 is 10.5 Å². The fourth-order valence-electron chi connectivity index (χ4n) is 3.51. The van der Waals surface area contributed by atoms with Gasteiger partial charge < -0.3 is 4.57 Å². The van der Waals surface area contributed by atoms with E-state index in [0.717, 1.165) is 16.8 Å². The summed E-state index contributed by atoms with van der Waals surface area (Å²) in [5.41, 5.74) is 4.19. The third-order valence-corrected chi connectivity index (χ3v) is 5.01. The van der Waals surface area contributed by atoms with Gasteiger partial charge in [0.1, 0.15) is 0 Å². The molecule has 0 bridgehead atoms. The van der Waals surface area contributed by atoms with Gasteiger partial charge in [0.2, 0.25) is 0 Å². The molecule has 1 amide bonds. The number of hydrogen-bond acceptors (Lipinski definition) is 3. The van der Waals surface area contributed by atoms with Crippen molar-refractivity contribution in [3.05, 3.63) is 80.0 Å². The first-order valence-corrected chi connectivity index (χ1v) is 8.57. The lowest BCUT2D eigenvalue weighted by molar-refractivity contribution is 0.0988. The first-order chi connectivity index (χ1) is 12.4. The van der Waals surface area contributed by atoms with Crippen molar-refractivity contribution in [2.24, 2.45) is 7.05 Å². The number of rotatable bonds is 2. The van der Waals surface area contributed by atoms with Crippen LogP contribution in [-0.4, -0.2) is 20.7 Å². The minimum Gasteiger partial charge on any atom is -0.316 e. The molecule has 1 N–H and O–H groups in total. The lowest BCUT2D eigenvalue weighted by atomic mass is 9.99. The van der Waals surface area contributed by atoms with E-state index in [4.69, 9.17) is 11.6 Å². The van der Waals surface area contributed by atoms with Crippen LogP contribution in [0.15, 0.2) is 41.3 Å². The zero-order chi connectivity index (χ0) is 18.6. The van der Waals surface area contributed by atoms with Crippen LogP contribution in [0.2, 0.25) is 5.02 Å². The number of anilines is 1. The van der Waals surface area contributed by atoms with Gasteiger partial charge in [0, 0.05) is 35.1 Å². The number of carbonyl (C=O) groups excluding carboxylic acids is 1. The molecule has 6 nitrogen and oxygen atoms in total. The molecule has 0 aliphatic carbocycles. The number of nitrogens with zero attached hydrogens (tertiary/aromatic N) is 3. The van der Waals surface area contributed by atoms with Crippen molar-refractivity contribution in [1.82, 2.24) is 14.8 Å². The summed E-state index contributed by atoms with van der Waals surface area (Å²) in [6.45, 7) is 3.64. The Morgan fingerprint density at radius 3 is 2.50 bits per heavy atom. The molecule has 0 saturated heterocycles. The lowest BCUT2D eigenvalue weighted by Crippen LogP contribution is -2.31. The molecule has 1 aliphatic rings. The first-order valence-electron chi connectivity index (χ1n) is 8.19. The van der Waals surface area contributed by atoms with Gasteiger partial charge in [-0.2, -0.15) is 5.10 Å². The lowest BCUT2D eigenvalue weighted by Gasteiger charge is -2.27. The van der Waals surface area contributed by atoms with Gasteiger partial charge in [-0.15, -0.1) is 0 Å². The summed E-state index contributed by atoms with van der Waals surface area (Å²) in [5.74, 6) is -0.192. The fourth-order valence-corrected chi connectivity index (χ4v) is 3.64. The van der Waals surface area contributed by atoms with E-state index in [1.165, 1.54) is 4.57 Å². The molecule has 0 unspecified atom stereocenters. The van der Waals surface area contributed by atoms with E-state index in [0.29, 0.717) is 22.0 Å². The summed E-state index contributed by atoms with van der Waals surface area (Å²) < 4.78 is 1.49. The number of aromatic nitrogens is 3. The number of amides is 1. The van der Waals surface area contributed by atoms with Gasteiger partial charge in [0.25, 0.3) is 11.5 Å². The summed E-state index contributed by atoms with van der Waals surface area (Å²) in [6.07, 6.45) is 1.68. The number of nitrogens with one attached hydrogen (secondary N) is 1. The fraction of sp³-hybridized carbons (Fsp3) is 0.211. The van der Waals surface area contributed by atoms with Crippen molar-refractivity contribution in [1.29, 1.82) is 0 Å². The van der Waals surface area contributed by atoms with E-state index in [2.05, 4.69) is 10.2 Å². The van der Waals surface area contributed by atoms with Crippen LogP contribution in [0.5, 0.6) is 0 Å². The minimum absolute atomic E-state index is 0.0852. The summed E-state index contributed by atoms with van der Waals surface area (Å²) in [6, 6.07) is 8.84. The Hall–Kier alpha value is -2.86. The first kappa shape index (κ1) is 16.6. The van der Waals surface area contributed by atoms with Gasteiger partial charge in [0.05, 0.1) is 11.7 Å². The van der Waals surface area contributed by atoms with Gasteiger partial charge in [-0.25, -0.2) is 0 Å². The largest absolute Gasteiger partial charge is 0.316 e. The van der Waals surface area contributed by atoms with E-state index in [-0.39, 0.29) is 17.5 Å². The molecule has 0 fully saturated rings. The number of aryl methyl sites for hydroxylation is 3. The second-order valence-electron chi connectivity index (χ2n) is 6.54. The zero-order valence-electron chi connectivity index (χ0n) is 14.6. The summed E-state index contributed by atoms with van der Waals surface area (Å²) >= 11 is 6.03. The molecule has 1 aliphatic heterocycles. The maximum absolute atomic E-state index is 13.1. The molecule has 26 heavy (non-hydrogen) atoms. The summed E-state index contributed by atoms with van der Waals surface area (Å²) in [4.78, 5) is 26.8. The average Bonchev–Trinajstić information content (AvgIpc) is 3.12. The monoisotopic (exact) mass is 368 g/mol. The quantitative estimate of drug-likeness (QED) is 0.755. The van der Waals surface area contributed by atoms with Crippen molar-refractivity contribution in [3.63, 3.8) is 0 Å². The molecule has 1 aromatic carbocycles. The second-order valence-corrected chi connectivity index (χ2v) is 6.97. The minimum atomic E-state index is -0.328. The number of pyridine rings is 1. The second kappa shape index (κ2) is 5.85. The van der Waals surface area contributed by atoms with Crippen LogP contribution in [0.1, 0.15) is 38.9 Å². The van der Waals surface area contributed by atoms with Gasteiger partial charge in [-0.3, -0.25) is 19.6 Å². The van der Waals surface area contributed by atoms with Gasteiger partial charge >= 0.3 is 0 Å². The molecule has 132 valence electrons. The summed E-state index contributed by atoms with van der Waals surface area (Å²) in [7, 11) is 1.68. The number of halogens is 1. The maximum Gasteiger partial charge on any atom is 0.280 e.